The van der Waals surface area contributed by atoms with E-state index in [2.05, 4.69) is 50.5 Å². The Morgan fingerprint density at radius 2 is 1.81 bits per heavy atom. The van der Waals surface area contributed by atoms with E-state index >= 15 is 0 Å². The first-order valence-electron chi connectivity index (χ1n) is 7.34. The first-order valence-corrected chi connectivity index (χ1v) is 8.32. The number of carbonyl (C=O) groups is 1. The van der Waals surface area contributed by atoms with Crippen molar-refractivity contribution in [3.05, 3.63) is 52.3 Å². The van der Waals surface area contributed by atoms with Crippen LogP contribution in [0.1, 0.15) is 39.8 Å². The Bertz CT molecular complexity index is 670. The summed E-state index contributed by atoms with van der Waals surface area (Å²) in [6, 6.07) is 8.38. The molecule has 0 aliphatic rings. The third-order valence-electron chi connectivity index (χ3n) is 4.04. The number of rotatable bonds is 5. The molecule has 21 heavy (non-hydrogen) atoms. The minimum atomic E-state index is 0.214. The van der Waals surface area contributed by atoms with Gasteiger partial charge in [-0.15, -0.1) is 11.8 Å². The predicted molar refractivity (Wildman–Crippen MR) is 90.6 cm³/mol. The highest BCUT2D eigenvalue weighted by Gasteiger charge is 2.15. The van der Waals surface area contributed by atoms with E-state index in [0.29, 0.717) is 5.75 Å². The summed E-state index contributed by atoms with van der Waals surface area (Å²) in [5.74, 6) is 0.710. The smallest absolute Gasteiger partial charge is 0.174 e. The molecule has 112 valence electrons. The van der Waals surface area contributed by atoms with Gasteiger partial charge in [0, 0.05) is 28.4 Å². The van der Waals surface area contributed by atoms with Crippen LogP contribution in [0.3, 0.4) is 0 Å². The summed E-state index contributed by atoms with van der Waals surface area (Å²) >= 11 is 1.62. The first kappa shape index (κ1) is 15.9. The molecule has 2 aromatic rings. The lowest BCUT2D eigenvalue weighted by atomic mass is 10.1. The molecule has 0 amide bonds. The molecule has 0 N–H and O–H groups in total. The topological polar surface area (TPSA) is 22.0 Å². The van der Waals surface area contributed by atoms with Gasteiger partial charge in [-0.25, -0.2) is 0 Å². The Hall–Kier alpha value is -1.48. The van der Waals surface area contributed by atoms with Crippen molar-refractivity contribution in [1.82, 2.24) is 4.57 Å². The van der Waals surface area contributed by atoms with Crippen LogP contribution in [-0.4, -0.2) is 16.1 Å². The lowest BCUT2D eigenvalue weighted by molar-refractivity contribution is 0.102. The third kappa shape index (κ3) is 3.41. The summed E-state index contributed by atoms with van der Waals surface area (Å²) in [6.07, 6.45) is 0. The van der Waals surface area contributed by atoms with Crippen LogP contribution >= 0.6 is 11.8 Å². The summed E-state index contributed by atoms with van der Waals surface area (Å²) in [6.45, 7) is 11.3. The zero-order valence-corrected chi connectivity index (χ0v) is 14.3. The van der Waals surface area contributed by atoms with Crippen molar-refractivity contribution in [2.45, 2.75) is 46.1 Å². The summed E-state index contributed by atoms with van der Waals surface area (Å²) in [5, 5.41) is 0. The second-order valence-electron chi connectivity index (χ2n) is 5.49. The van der Waals surface area contributed by atoms with Gasteiger partial charge in [-0.05, 0) is 63.9 Å². The first-order chi connectivity index (χ1) is 9.93. The summed E-state index contributed by atoms with van der Waals surface area (Å²) in [4.78, 5) is 13.6. The van der Waals surface area contributed by atoms with Crippen LogP contribution in [0.5, 0.6) is 0 Å². The normalized spacial score (nSPS) is 10.9. The van der Waals surface area contributed by atoms with Gasteiger partial charge in [0.1, 0.15) is 0 Å². The maximum absolute atomic E-state index is 12.4. The number of carbonyl (C=O) groups excluding carboxylic acids is 1. The Kier molecular flexibility index (Phi) is 4.94. The zero-order valence-electron chi connectivity index (χ0n) is 13.5. The molecule has 3 heteroatoms. The van der Waals surface area contributed by atoms with E-state index < -0.39 is 0 Å². The van der Waals surface area contributed by atoms with Crippen molar-refractivity contribution in [3.63, 3.8) is 0 Å². The monoisotopic (exact) mass is 301 g/mol. The van der Waals surface area contributed by atoms with Crippen molar-refractivity contribution < 1.29 is 4.79 Å². The van der Waals surface area contributed by atoms with Crippen molar-refractivity contribution >= 4 is 17.5 Å². The van der Waals surface area contributed by atoms with Gasteiger partial charge in [-0.2, -0.15) is 0 Å². The van der Waals surface area contributed by atoms with Crippen molar-refractivity contribution in [2.75, 3.05) is 5.75 Å². The zero-order chi connectivity index (χ0) is 15.6. The fourth-order valence-electron chi connectivity index (χ4n) is 2.60. The molecular formula is C18H23NOS. The van der Waals surface area contributed by atoms with Gasteiger partial charge in [0.25, 0.3) is 0 Å². The molecule has 0 radical (unpaired) electrons. The molecule has 1 aromatic heterocycles. The van der Waals surface area contributed by atoms with Gasteiger partial charge in [-0.3, -0.25) is 4.79 Å². The van der Waals surface area contributed by atoms with Crippen LogP contribution in [0.15, 0.2) is 29.2 Å². The molecule has 0 aliphatic carbocycles. The standard InChI is InChI=1S/C18H23NOS/c1-6-19-14(4)10-17(15(19)5)18(20)11-21-16-8-7-12(2)13(3)9-16/h7-10H,6,11H2,1-5H3. The van der Waals surface area contributed by atoms with E-state index in [4.69, 9.17) is 0 Å². The molecule has 0 fully saturated rings. The lowest BCUT2D eigenvalue weighted by Gasteiger charge is -2.06. The minimum Gasteiger partial charge on any atom is -0.349 e. The van der Waals surface area contributed by atoms with E-state index in [1.165, 1.54) is 11.1 Å². The number of benzene rings is 1. The van der Waals surface area contributed by atoms with E-state index in [9.17, 15) is 4.79 Å². The number of aromatic nitrogens is 1. The summed E-state index contributed by atoms with van der Waals surface area (Å²) in [7, 11) is 0. The van der Waals surface area contributed by atoms with Crippen LogP contribution in [-0.2, 0) is 6.54 Å². The number of thioether (sulfide) groups is 1. The van der Waals surface area contributed by atoms with E-state index in [1.54, 1.807) is 11.8 Å². The van der Waals surface area contributed by atoms with E-state index in [0.717, 1.165) is 28.4 Å². The number of nitrogens with zero attached hydrogens (tertiary/aromatic N) is 1. The molecule has 0 spiro atoms. The second kappa shape index (κ2) is 6.52. The van der Waals surface area contributed by atoms with E-state index in [-0.39, 0.29) is 5.78 Å². The maximum atomic E-state index is 12.4. The van der Waals surface area contributed by atoms with E-state index in [1.807, 2.05) is 13.0 Å². The third-order valence-corrected chi connectivity index (χ3v) is 5.03. The number of hydrogen-bond donors (Lipinski definition) is 0. The Morgan fingerprint density at radius 3 is 2.38 bits per heavy atom. The minimum absolute atomic E-state index is 0.214. The average Bonchev–Trinajstić information content (AvgIpc) is 2.74. The van der Waals surface area contributed by atoms with Crippen LogP contribution in [0.2, 0.25) is 0 Å². The van der Waals surface area contributed by atoms with Crippen molar-refractivity contribution in [3.8, 4) is 0 Å². The highest BCUT2D eigenvalue weighted by Crippen LogP contribution is 2.23. The van der Waals surface area contributed by atoms with Crippen LogP contribution in [0.4, 0.5) is 0 Å². The number of hydrogen-bond acceptors (Lipinski definition) is 2. The molecule has 0 atom stereocenters. The lowest BCUT2D eigenvalue weighted by Crippen LogP contribution is -2.05. The molecule has 1 heterocycles. The van der Waals surface area contributed by atoms with Crippen LogP contribution in [0.25, 0.3) is 0 Å². The van der Waals surface area contributed by atoms with Crippen molar-refractivity contribution in [2.24, 2.45) is 0 Å². The highest BCUT2D eigenvalue weighted by atomic mass is 32.2. The van der Waals surface area contributed by atoms with Gasteiger partial charge < -0.3 is 4.57 Å². The highest BCUT2D eigenvalue weighted by molar-refractivity contribution is 8.00. The molecule has 0 saturated heterocycles. The fourth-order valence-corrected chi connectivity index (χ4v) is 3.48. The Morgan fingerprint density at radius 1 is 1.10 bits per heavy atom. The molecule has 0 saturated carbocycles. The van der Waals surface area contributed by atoms with Gasteiger partial charge in [-0.1, -0.05) is 6.07 Å². The summed E-state index contributed by atoms with van der Waals surface area (Å²) < 4.78 is 2.19. The van der Waals surface area contributed by atoms with Gasteiger partial charge in [0.2, 0.25) is 0 Å². The van der Waals surface area contributed by atoms with Gasteiger partial charge in [0.15, 0.2) is 5.78 Å². The van der Waals surface area contributed by atoms with Crippen molar-refractivity contribution in [1.29, 1.82) is 0 Å². The fraction of sp³-hybridized carbons (Fsp3) is 0.389. The number of aryl methyl sites for hydroxylation is 3. The molecule has 0 aliphatic heterocycles. The Balaban J connectivity index is 2.10. The number of Topliss-reactive ketones (excluding diaryl/α,β-unsaturated/α-hetero) is 1. The molecule has 2 nitrogen and oxygen atoms in total. The predicted octanol–water partition coefficient (Wildman–Crippen LogP) is 4.72. The van der Waals surface area contributed by atoms with Crippen LogP contribution in [0, 0.1) is 27.7 Å². The van der Waals surface area contributed by atoms with Crippen LogP contribution < -0.4 is 0 Å². The molecule has 0 bridgehead atoms. The maximum Gasteiger partial charge on any atom is 0.174 e. The van der Waals surface area contributed by atoms with Gasteiger partial charge >= 0.3 is 0 Å². The molecule has 2 rings (SSSR count). The molecule has 0 unspecified atom stereocenters. The number of ketones is 1. The largest absolute Gasteiger partial charge is 0.349 e. The van der Waals surface area contributed by atoms with Gasteiger partial charge in [0.05, 0.1) is 5.75 Å². The molecular weight excluding hydrogens is 278 g/mol. The summed E-state index contributed by atoms with van der Waals surface area (Å²) in [5.41, 5.74) is 5.68. The quantitative estimate of drug-likeness (QED) is 0.589. The SMILES string of the molecule is CCn1c(C)cc(C(=O)CSc2ccc(C)c(C)c2)c1C. The second-order valence-corrected chi connectivity index (χ2v) is 6.54. The Labute approximate surface area is 131 Å². The molecule has 1 aromatic carbocycles. The average molecular weight is 301 g/mol.